The van der Waals surface area contributed by atoms with Crippen LogP contribution in [-0.2, 0) is 26.2 Å². The topological polar surface area (TPSA) is 0 Å². The molecule has 2 aliphatic carbocycles. The van der Waals surface area contributed by atoms with Crippen molar-refractivity contribution in [3.8, 4) is 0 Å². The smallest absolute Gasteiger partial charge is 0.273 e. The molecule has 0 aromatic heterocycles. The maximum atomic E-state index is 2.99. The number of rotatable bonds is 0. The number of hydrogen-bond acceptors (Lipinski definition) is 0. The van der Waals surface area contributed by atoms with E-state index in [1.54, 1.807) is 0 Å². The Bertz CT molecular complexity index is 151. The first-order valence-corrected chi connectivity index (χ1v) is 3.43. The molecule has 0 aliphatic heterocycles. The first-order valence-electron chi connectivity index (χ1n) is 3.43. The van der Waals surface area contributed by atoms with E-state index in [1.807, 2.05) is 24.3 Å². The van der Waals surface area contributed by atoms with E-state index < -0.39 is 0 Å². The summed E-state index contributed by atoms with van der Waals surface area (Å²) in [4.78, 5) is 0. The first kappa shape index (κ1) is 19.8. The van der Waals surface area contributed by atoms with Gasteiger partial charge in [0.15, 0.2) is 0 Å². The summed E-state index contributed by atoms with van der Waals surface area (Å²) in [7, 11) is 0. The number of halogens is 2. The largest absolute Gasteiger partial charge is 2.00 e. The zero-order valence-electron chi connectivity index (χ0n) is 7.19. The van der Waals surface area contributed by atoms with E-state index in [2.05, 4.69) is 24.3 Å². The second kappa shape index (κ2) is 15.8. The van der Waals surface area contributed by atoms with Gasteiger partial charge in [-0.2, -0.15) is 12.2 Å². The SMILES string of the molecule is I.I.[C-]1=CC=CC1.[C-]1=CC=CC1.[Zr+2]. The molecule has 0 saturated carbocycles. The summed E-state index contributed by atoms with van der Waals surface area (Å²) in [5.74, 6) is 0. The summed E-state index contributed by atoms with van der Waals surface area (Å²) in [5, 5.41) is 0. The molecule has 70 valence electrons. The average molecular weight is 477 g/mol. The molecule has 0 unspecified atom stereocenters. The van der Waals surface area contributed by atoms with Crippen molar-refractivity contribution in [3.05, 3.63) is 48.6 Å². The molecular formula is C10H12I2Zr. The molecule has 2 aliphatic rings. The Morgan fingerprint density at radius 1 is 0.769 bits per heavy atom. The molecule has 0 radical (unpaired) electrons. The van der Waals surface area contributed by atoms with Gasteiger partial charge in [0.2, 0.25) is 0 Å². The third kappa shape index (κ3) is 13.3. The van der Waals surface area contributed by atoms with Crippen LogP contribution in [-0.4, -0.2) is 0 Å². The summed E-state index contributed by atoms with van der Waals surface area (Å²) in [5.41, 5.74) is 0. The summed E-state index contributed by atoms with van der Waals surface area (Å²) in [6.07, 6.45) is 20.0. The van der Waals surface area contributed by atoms with Crippen molar-refractivity contribution < 1.29 is 26.2 Å². The summed E-state index contributed by atoms with van der Waals surface area (Å²) in [6, 6.07) is 0. The normalized spacial score (nSPS) is 13.5. The molecule has 0 amide bonds. The summed E-state index contributed by atoms with van der Waals surface area (Å²) in [6.45, 7) is 0. The van der Waals surface area contributed by atoms with Gasteiger partial charge in [0.25, 0.3) is 0 Å². The van der Waals surface area contributed by atoms with Gasteiger partial charge in [-0.3, -0.25) is 12.2 Å². The third-order valence-electron chi connectivity index (χ3n) is 1.17. The van der Waals surface area contributed by atoms with Crippen LogP contribution in [0.1, 0.15) is 12.8 Å². The Labute approximate surface area is 134 Å². The third-order valence-corrected chi connectivity index (χ3v) is 1.17. The van der Waals surface area contributed by atoms with Crippen LogP contribution in [0.3, 0.4) is 0 Å². The molecule has 0 atom stereocenters. The minimum atomic E-state index is 0. The van der Waals surface area contributed by atoms with Crippen LogP contribution in [0.2, 0.25) is 0 Å². The van der Waals surface area contributed by atoms with Crippen LogP contribution < -0.4 is 0 Å². The van der Waals surface area contributed by atoms with Gasteiger partial charge in [0.05, 0.1) is 0 Å². The van der Waals surface area contributed by atoms with Crippen LogP contribution in [0.4, 0.5) is 0 Å². The second-order valence-corrected chi connectivity index (χ2v) is 2.01. The van der Waals surface area contributed by atoms with E-state index in [4.69, 9.17) is 0 Å². The van der Waals surface area contributed by atoms with Crippen LogP contribution >= 0.6 is 48.0 Å². The fraction of sp³-hybridized carbons (Fsp3) is 0.200. The molecule has 0 saturated heterocycles. The van der Waals surface area contributed by atoms with Gasteiger partial charge >= 0.3 is 26.2 Å². The Balaban J connectivity index is -0.000000125. The molecular weight excluding hydrogens is 465 g/mol. The molecule has 13 heavy (non-hydrogen) atoms. The fourth-order valence-electron chi connectivity index (χ4n) is 0.680. The maximum Gasteiger partial charge on any atom is 2.00 e. The van der Waals surface area contributed by atoms with E-state index in [0.717, 1.165) is 12.8 Å². The zero-order chi connectivity index (χ0) is 7.07. The molecule has 2 rings (SSSR count). The number of hydrogen-bond donors (Lipinski definition) is 0. The quantitative estimate of drug-likeness (QED) is 0.368. The van der Waals surface area contributed by atoms with Crippen molar-refractivity contribution in [2.24, 2.45) is 0 Å². The predicted octanol–water partition coefficient (Wildman–Crippen LogP) is 3.84. The van der Waals surface area contributed by atoms with Crippen LogP contribution in [0.5, 0.6) is 0 Å². The minimum Gasteiger partial charge on any atom is -0.273 e. The van der Waals surface area contributed by atoms with Gasteiger partial charge < -0.3 is 0 Å². The Hall–Kier alpha value is 1.30. The van der Waals surface area contributed by atoms with Gasteiger partial charge in [-0.05, 0) is 0 Å². The summed E-state index contributed by atoms with van der Waals surface area (Å²) < 4.78 is 0. The van der Waals surface area contributed by atoms with E-state index in [1.165, 1.54) is 0 Å². The molecule has 0 nitrogen and oxygen atoms in total. The molecule has 0 N–H and O–H groups in total. The average Bonchev–Trinajstić information content (AvgIpc) is 2.67. The summed E-state index contributed by atoms with van der Waals surface area (Å²) >= 11 is 0. The Kier molecular flexibility index (Phi) is 24.0. The Morgan fingerprint density at radius 3 is 1.23 bits per heavy atom. The number of allylic oxidation sites excluding steroid dienone is 8. The molecule has 0 aromatic rings. The molecule has 3 heteroatoms. The van der Waals surface area contributed by atoms with Gasteiger partial charge in [-0.15, -0.1) is 60.8 Å². The van der Waals surface area contributed by atoms with Crippen LogP contribution in [0.15, 0.2) is 36.5 Å². The molecule has 0 bridgehead atoms. The van der Waals surface area contributed by atoms with Crippen LogP contribution in [0, 0.1) is 12.2 Å². The van der Waals surface area contributed by atoms with Crippen LogP contribution in [0.25, 0.3) is 0 Å². The maximum absolute atomic E-state index is 2.99. The molecule has 0 aromatic carbocycles. The van der Waals surface area contributed by atoms with E-state index >= 15 is 0 Å². The molecule has 0 spiro atoms. The zero-order valence-corrected chi connectivity index (χ0v) is 14.3. The monoisotopic (exact) mass is 476 g/mol. The van der Waals surface area contributed by atoms with E-state index in [-0.39, 0.29) is 74.2 Å². The van der Waals surface area contributed by atoms with Crippen molar-refractivity contribution in [2.75, 3.05) is 0 Å². The Morgan fingerprint density at radius 2 is 1.15 bits per heavy atom. The first-order chi connectivity index (χ1) is 5.00. The van der Waals surface area contributed by atoms with Crippen molar-refractivity contribution in [1.82, 2.24) is 0 Å². The predicted molar refractivity (Wildman–Crippen MR) is 74.0 cm³/mol. The van der Waals surface area contributed by atoms with Crippen molar-refractivity contribution in [3.63, 3.8) is 0 Å². The van der Waals surface area contributed by atoms with Gasteiger partial charge in [0, 0.05) is 0 Å². The van der Waals surface area contributed by atoms with Gasteiger partial charge in [0.1, 0.15) is 0 Å². The second-order valence-electron chi connectivity index (χ2n) is 2.01. The minimum absolute atomic E-state index is 0. The van der Waals surface area contributed by atoms with Crippen molar-refractivity contribution in [1.29, 1.82) is 0 Å². The van der Waals surface area contributed by atoms with E-state index in [9.17, 15) is 0 Å². The molecule has 0 heterocycles. The van der Waals surface area contributed by atoms with Gasteiger partial charge in [-0.25, -0.2) is 24.3 Å². The van der Waals surface area contributed by atoms with Gasteiger partial charge in [-0.1, -0.05) is 0 Å². The molecule has 0 fully saturated rings. The van der Waals surface area contributed by atoms with Crippen molar-refractivity contribution in [2.45, 2.75) is 12.8 Å². The van der Waals surface area contributed by atoms with E-state index in [0.29, 0.717) is 0 Å². The standard InChI is InChI=1S/2C5H5.2HI.Zr/c2*1-2-4-5-3-1;;;/h2*1-3H,4H2;2*1H;/q2*-1;;;+2. The van der Waals surface area contributed by atoms with Crippen molar-refractivity contribution >= 4 is 48.0 Å². The fourth-order valence-corrected chi connectivity index (χ4v) is 0.680.